The van der Waals surface area contributed by atoms with Crippen LogP contribution in [0.5, 0.6) is 5.75 Å². The van der Waals surface area contributed by atoms with Crippen molar-refractivity contribution in [3.05, 3.63) is 90.1 Å². The van der Waals surface area contributed by atoms with Crippen molar-refractivity contribution < 1.29 is 23.1 Å². The fourth-order valence-corrected chi connectivity index (χ4v) is 8.30. The summed E-state index contributed by atoms with van der Waals surface area (Å²) in [6.07, 6.45) is 2.56. The second-order valence-electron chi connectivity index (χ2n) is 10.5. The molecule has 0 radical (unpaired) electrons. The highest BCUT2D eigenvalue weighted by atomic mass is 32.2. The van der Waals surface area contributed by atoms with Crippen molar-refractivity contribution >= 4 is 38.6 Å². The highest BCUT2D eigenvalue weighted by Crippen LogP contribution is 2.52. The SMILES string of the molecule is CC[C@@]1(CCCNC(=O)CSc2ccccc2)CCc2c(c3ccccc3n2S(=O)(=O)c2ccc(OC)cc2)[C@@H]1O. The zero-order chi connectivity index (χ0) is 29.0. The molecular formula is C32H36N2O5S2. The Morgan fingerprint density at radius 2 is 1.78 bits per heavy atom. The number of rotatable bonds is 11. The van der Waals surface area contributed by atoms with Gasteiger partial charge in [0.2, 0.25) is 5.91 Å². The van der Waals surface area contributed by atoms with Crippen LogP contribution in [0, 0.1) is 5.41 Å². The molecule has 2 N–H and O–H groups in total. The van der Waals surface area contributed by atoms with E-state index >= 15 is 0 Å². The first kappa shape index (κ1) is 29.2. The van der Waals surface area contributed by atoms with E-state index in [1.807, 2.05) is 48.5 Å². The van der Waals surface area contributed by atoms with E-state index in [1.165, 1.54) is 15.7 Å². The minimum absolute atomic E-state index is 0.0114. The second kappa shape index (κ2) is 12.3. The van der Waals surface area contributed by atoms with Crippen molar-refractivity contribution in [2.45, 2.75) is 54.9 Å². The predicted molar refractivity (Wildman–Crippen MR) is 163 cm³/mol. The number of aliphatic hydroxyl groups excluding tert-OH is 1. The van der Waals surface area contributed by atoms with E-state index in [4.69, 9.17) is 4.74 Å². The molecule has 1 aliphatic rings. The Kier molecular flexibility index (Phi) is 8.77. The Labute approximate surface area is 246 Å². The van der Waals surface area contributed by atoms with Gasteiger partial charge in [-0.15, -0.1) is 11.8 Å². The number of amides is 1. The van der Waals surface area contributed by atoms with E-state index in [9.17, 15) is 18.3 Å². The van der Waals surface area contributed by atoms with Gasteiger partial charge in [0.15, 0.2) is 0 Å². The maximum absolute atomic E-state index is 13.9. The minimum Gasteiger partial charge on any atom is -0.497 e. The van der Waals surface area contributed by atoms with Crippen LogP contribution in [0.4, 0.5) is 0 Å². The first-order valence-electron chi connectivity index (χ1n) is 13.9. The first-order valence-corrected chi connectivity index (χ1v) is 16.4. The number of carbonyl (C=O) groups is 1. The number of carbonyl (C=O) groups excluding carboxylic acids is 1. The van der Waals surface area contributed by atoms with Crippen molar-refractivity contribution in [3.8, 4) is 5.75 Å². The smallest absolute Gasteiger partial charge is 0.268 e. The lowest BCUT2D eigenvalue weighted by Gasteiger charge is -2.41. The van der Waals surface area contributed by atoms with Crippen molar-refractivity contribution in [1.82, 2.24) is 9.29 Å². The van der Waals surface area contributed by atoms with Crippen LogP contribution in [0.25, 0.3) is 10.9 Å². The van der Waals surface area contributed by atoms with Crippen LogP contribution in [0.3, 0.4) is 0 Å². The number of methoxy groups -OCH3 is 1. The fraction of sp³-hybridized carbons (Fsp3) is 0.344. The third kappa shape index (κ3) is 5.76. The number of nitrogens with one attached hydrogen (secondary N) is 1. The van der Waals surface area contributed by atoms with Gasteiger partial charge in [-0.05, 0) is 74.6 Å². The fourth-order valence-electron chi connectivity index (χ4n) is 5.96. The third-order valence-electron chi connectivity index (χ3n) is 8.27. The summed E-state index contributed by atoms with van der Waals surface area (Å²) in [6, 6.07) is 23.6. The van der Waals surface area contributed by atoms with E-state index < -0.39 is 21.5 Å². The predicted octanol–water partition coefficient (Wildman–Crippen LogP) is 5.95. The number of hydrogen-bond acceptors (Lipinski definition) is 6. The Morgan fingerprint density at radius 1 is 1.07 bits per heavy atom. The van der Waals surface area contributed by atoms with Crippen LogP contribution in [-0.2, 0) is 21.2 Å². The molecule has 0 spiro atoms. The summed E-state index contributed by atoms with van der Waals surface area (Å²) >= 11 is 1.51. The molecule has 0 saturated carbocycles. The van der Waals surface area contributed by atoms with Gasteiger partial charge in [0.05, 0.1) is 29.4 Å². The van der Waals surface area contributed by atoms with E-state index in [0.29, 0.717) is 47.7 Å². The Bertz CT molecular complexity index is 1620. The number of benzene rings is 3. The van der Waals surface area contributed by atoms with Crippen molar-refractivity contribution in [2.75, 3.05) is 19.4 Å². The second-order valence-corrected chi connectivity index (χ2v) is 13.3. The standard InChI is InChI=1S/C32H36N2O5S2/c1-3-32(19-9-21-33-29(35)22-40-24-10-5-4-6-11-24)20-18-28-30(31(32)36)26-12-7-8-13-27(26)34(28)41(37,38)25-16-14-23(39-2)15-17-25/h4-8,10-17,31,36H,3,9,18-22H2,1-2H3,(H,33,35)/t31-,32+/m0/s1. The maximum Gasteiger partial charge on any atom is 0.268 e. The number of ether oxygens (including phenoxy) is 1. The Morgan fingerprint density at radius 3 is 2.49 bits per heavy atom. The Balaban J connectivity index is 1.35. The topological polar surface area (TPSA) is 97.6 Å². The largest absolute Gasteiger partial charge is 0.497 e. The number of para-hydroxylation sites is 1. The van der Waals surface area contributed by atoms with Crippen LogP contribution in [-0.4, -0.2) is 42.8 Å². The van der Waals surface area contributed by atoms with Gasteiger partial charge in [0.25, 0.3) is 10.0 Å². The number of aliphatic hydroxyl groups is 1. The lowest BCUT2D eigenvalue weighted by molar-refractivity contribution is -0.118. The van der Waals surface area contributed by atoms with Crippen LogP contribution in [0.15, 0.2) is 88.7 Å². The molecule has 41 heavy (non-hydrogen) atoms. The molecule has 9 heteroatoms. The summed E-state index contributed by atoms with van der Waals surface area (Å²) < 4.78 is 34.5. The molecule has 1 aliphatic carbocycles. The van der Waals surface area contributed by atoms with Crippen molar-refractivity contribution in [2.24, 2.45) is 5.41 Å². The molecule has 5 rings (SSSR count). The first-order chi connectivity index (χ1) is 19.8. The van der Waals surface area contributed by atoms with E-state index in [1.54, 1.807) is 37.4 Å². The number of thioether (sulfide) groups is 1. The summed E-state index contributed by atoms with van der Waals surface area (Å²) in [5.74, 6) is 0.928. The van der Waals surface area contributed by atoms with Crippen LogP contribution in [0.2, 0.25) is 0 Å². The highest BCUT2D eigenvalue weighted by molar-refractivity contribution is 8.00. The van der Waals surface area contributed by atoms with E-state index in [-0.39, 0.29) is 10.8 Å². The molecule has 0 saturated heterocycles. The van der Waals surface area contributed by atoms with Gasteiger partial charge in [-0.25, -0.2) is 12.4 Å². The molecule has 7 nitrogen and oxygen atoms in total. The summed E-state index contributed by atoms with van der Waals surface area (Å²) in [5.41, 5.74) is 1.51. The van der Waals surface area contributed by atoms with Gasteiger partial charge in [-0.1, -0.05) is 43.3 Å². The van der Waals surface area contributed by atoms with Gasteiger partial charge in [0, 0.05) is 33.5 Å². The van der Waals surface area contributed by atoms with Gasteiger partial charge < -0.3 is 15.2 Å². The number of aromatic nitrogens is 1. The molecule has 0 aliphatic heterocycles. The van der Waals surface area contributed by atoms with E-state index in [2.05, 4.69) is 12.2 Å². The molecule has 4 aromatic rings. The molecule has 216 valence electrons. The summed E-state index contributed by atoms with van der Waals surface area (Å²) in [7, 11) is -2.37. The molecule has 1 heterocycles. The molecule has 2 atom stereocenters. The van der Waals surface area contributed by atoms with Crippen LogP contribution >= 0.6 is 11.8 Å². The van der Waals surface area contributed by atoms with E-state index in [0.717, 1.165) is 29.5 Å². The normalized spacial score (nSPS) is 18.7. The lowest BCUT2D eigenvalue weighted by Crippen LogP contribution is -2.35. The summed E-state index contributed by atoms with van der Waals surface area (Å²) in [5, 5.41) is 15.7. The molecule has 0 bridgehead atoms. The molecule has 0 unspecified atom stereocenters. The molecule has 1 amide bonds. The Hall–Kier alpha value is -3.27. The third-order valence-corrected chi connectivity index (χ3v) is 11.0. The van der Waals surface area contributed by atoms with Gasteiger partial charge >= 0.3 is 0 Å². The minimum atomic E-state index is -3.91. The average Bonchev–Trinajstić information content (AvgIpc) is 3.35. The molecule has 1 aromatic heterocycles. The number of fused-ring (bicyclic) bond motifs is 3. The summed E-state index contributed by atoms with van der Waals surface area (Å²) in [4.78, 5) is 13.6. The average molecular weight is 593 g/mol. The van der Waals surface area contributed by atoms with Gasteiger partial charge in [-0.2, -0.15) is 0 Å². The van der Waals surface area contributed by atoms with Gasteiger partial charge in [-0.3, -0.25) is 4.79 Å². The van der Waals surface area contributed by atoms with Gasteiger partial charge in [0.1, 0.15) is 5.75 Å². The lowest BCUT2D eigenvalue weighted by atomic mass is 9.66. The maximum atomic E-state index is 13.9. The quantitative estimate of drug-likeness (QED) is 0.165. The zero-order valence-corrected chi connectivity index (χ0v) is 25.0. The molecule has 0 fully saturated rings. The number of nitrogens with zero attached hydrogens (tertiary/aromatic N) is 1. The molecular weight excluding hydrogens is 556 g/mol. The van der Waals surface area contributed by atoms with Crippen molar-refractivity contribution in [1.29, 1.82) is 0 Å². The number of hydrogen-bond donors (Lipinski definition) is 2. The van der Waals surface area contributed by atoms with Crippen LogP contribution in [0.1, 0.15) is 50.0 Å². The van der Waals surface area contributed by atoms with Crippen molar-refractivity contribution in [3.63, 3.8) is 0 Å². The highest BCUT2D eigenvalue weighted by Gasteiger charge is 2.44. The summed E-state index contributed by atoms with van der Waals surface area (Å²) in [6.45, 7) is 2.61. The van der Waals surface area contributed by atoms with Crippen LogP contribution < -0.4 is 10.1 Å². The zero-order valence-electron chi connectivity index (χ0n) is 23.4. The molecule has 3 aromatic carbocycles. The monoisotopic (exact) mass is 592 g/mol.